The highest BCUT2D eigenvalue weighted by molar-refractivity contribution is 5.76. The van der Waals surface area contributed by atoms with Crippen LogP contribution >= 0.6 is 0 Å². The number of hydrogen-bond acceptors (Lipinski definition) is 3. The van der Waals surface area contributed by atoms with Crippen LogP contribution in [0, 0.1) is 5.82 Å². The third-order valence-electron chi connectivity index (χ3n) is 3.30. The van der Waals surface area contributed by atoms with Crippen molar-refractivity contribution in [3.8, 4) is 0 Å². The summed E-state index contributed by atoms with van der Waals surface area (Å²) >= 11 is 0. The van der Waals surface area contributed by atoms with Gasteiger partial charge in [-0.2, -0.15) is 0 Å². The summed E-state index contributed by atoms with van der Waals surface area (Å²) in [6.07, 6.45) is 4.43. The summed E-state index contributed by atoms with van der Waals surface area (Å²) in [5.41, 5.74) is 0.870. The summed E-state index contributed by atoms with van der Waals surface area (Å²) in [7, 11) is 0. The zero-order valence-electron chi connectivity index (χ0n) is 10.8. The van der Waals surface area contributed by atoms with Crippen LogP contribution in [0.4, 0.5) is 9.18 Å². The fourth-order valence-electron chi connectivity index (χ4n) is 2.24. The molecule has 1 aromatic heterocycles. The van der Waals surface area contributed by atoms with E-state index >= 15 is 0 Å². The van der Waals surface area contributed by atoms with Crippen molar-refractivity contribution in [2.45, 2.75) is 6.10 Å². The molecule has 5 nitrogen and oxygen atoms in total. The minimum absolute atomic E-state index is 0.127. The van der Waals surface area contributed by atoms with E-state index in [1.807, 2.05) is 0 Å². The molecule has 0 aliphatic carbocycles. The van der Waals surface area contributed by atoms with Gasteiger partial charge >= 0.3 is 6.03 Å². The maximum Gasteiger partial charge on any atom is 0.329 e. The van der Waals surface area contributed by atoms with Crippen LogP contribution in [0.5, 0.6) is 0 Å². The Morgan fingerprint density at radius 2 is 2.15 bits per heavy atom. The van der Waals surface area contributed by atoms with Crippen LogP contribution in [0.25, 0.3) is 0 Å². The van der Waals surface area contributed by atoms with Crippen LogP contribution in [-0.2, 0) is 4.74 Å². The molecule has 0 spiro atoms. The lowest BCUT2D eigenvalue weighted by molar-refractivity contribution is -0.0152. The van der Waals surface area contributed by atoms with E-state index in [-0.39, 0.29) is 18.0 Å². The number of aromatic nitrogens is 2. The first-order chi connectivity index (χ1) is 9.74. The molecule has 1 unspecified atom stereocenters. The second-order valence-corrected chi connectivity index (χ2v) is 4.61. The average Bonchev–Trinajstić information content (AvgIpc) is 3.01. The Morgan fingerprint density at radius 1 is 1.35 bits per heavy atom. The Labute approximate surface area is 115 Å². The number of halogens is 1. The van der Waals surface area contributed by atoms with Crippen molar-refractivity contribution >= 4 is 6.03 Å². The van der Waals surface area contributed by atoms with Gasteiger partial charge in [-0.15, -0.1) is 0 Å². The molecule has 0 bridgehead atoms. The number of nitrogens with zero attached hydrogens (tertiary/aromatic N) is 3. The van der Waals surface area contributed by atoms with Gasteiger partial charge in [-0.25, -0.2) is 14.2 Å². The summed E-state index contributed by atoms with van der Waals surface area (Å²) in [5, 5.41) is 0. The standard InChI is InChI=1S/C14H14FN3O2/c15-12-3-1-11(2-4-12)13-9-17(7-8-20-13)14(19)18-6-5-16-10-18/h1-6,10,13H,7-9H2. The zero-order valence-corrected chi connectivity index (χ0v) is 10.8. The molecular formula is C14H14FN3O2. The minimum atomic E-state index is -0.282. The van der Waals surface area contributed by atoms with Crippen LogP contribution in [-0.4, -0.2) is 40.2 Å². The monoisotopic (exact) mass is 275 g/mol. The van der Waals surface area contributed by atoms with Gasteiger partial charge in [0, 0.05) is 18.9 Å². The fraction of sp³-hybridized carbons (Fsp3) is 0.286. The van der Waals surface area contributed by atoms with E-state index in [1.165, 1.54) is 23.0 Å². The molecule has 1 fully saturated rings. The van der Waals surface area contributed by atoms with E-state index in [0.717, 1.165) is 5.56 Å². The van der Waals surface area contributed by atoms with Crippen LogP contribution in [0.2, 0.25) is 0 Å². The van der Waals surface area contributed by atoms with Gasteiger partial charge in [-0.05, 0) is 17.7 Å². The first-order valence-electron chi connectivity index (χ1n) is 6.38. The highest BCUT2D eigenvalue weighted by atomic mass is 19.1. The maximum absolute atomic E-state index is 12.9. The second-order valence-electron chi connectivity index (χ2n) is 4.61. The molecule has 20 heavy (non-hydrogen) atoms. The predicted octanol–water partition coefficient (Wildman–Crippen LogP) is 2.06. The first kappa shape index (κ1) is 12.8. The van der Waals surface area contributed by atoms with Crippen LogP contribution in [0.15, 0.2) is 43.0 Å². The maximum atomic E-state index is 12.9. The lowest BCUT2D eigenvalue weighted by atomic mass is 10.1. The number of rotatable bonds is 1. The van der Waals surface area contributed by atoms with Gasteiger partial charge in [-0.3, -0.25) is 4.57 Å². The molecule has 1 aliphatic rings. The van der Waals surface area contributed by atoms with Crippen molar-refractivity contribution in [2.75, 3.05) is 19.7 Å². The molecule has 2 heterocycles. The van der Waals surface area contributed by atoms with E-state index in [2.05, 4.69) is 4.98 Å². The van der Waals surface area contributed by atoms with Crippen LogP contribution in [0.3, 0.4) is 0 Å². The number of carbonyl (C=O) groups excluding carboxylic acids is 1. The van der Waals surface area contributed by atoms with Crippen LogP contribution in [0.1, 0.15) is 11.7 Å². The van der Waals surface area contributed by atoms with Crippen molar-refractivity contribution < 1.29 is 13.9 Å². The number of carbonyl (C=O) groups is 1. The topological polar surface area (TPSA) is 47.4 Å². The molecule has 2 aromatic rings. The zero-order chi connectivity index (χ0) is 13.9. The lowest BCUT2D eigenvalue weighted by Crippen LogP contribution is -2.43. The molecular weight excluding hydrogens is 261 g/mol. The highest BCUT2D eigenvalue weighted by Crippen LogP contribution is 2.22. The number of hydrogen-bond donors (Lipinski definition) is 0. The SMILES string of the molecule is O=C(N1CCOC(c2ccc(F)cc2)C1)n1ccnc1. The molecule has 0 N–H and O–H groups in total. The van der Waals surface area contributed by atoms with Gasteiger partial charge in [0.25, 0.3) is 0 Å². The highest BCUT2D eigenvalue weighted by Gasteiger charge is 2.26. The Hall–Kier alpha value is -2.21. The number of benzene rings is 1. The van der Waals surface area contributed by atoms with E-state index in [0.29, 0.717) is 19.7 Å². The van der Waals surface area contributed by atoms with Gasteiger partial charge in [0.05, 0.1) is 13.2 Å². The number of ether oxygens (including phenoxy) is 1. The molecule has 1 saturated heterocycles. The first-order valence-corrected chi connectivity index (χ1v) is 6.38. The lowest BCUT2D eigenvalue weighted by Gasteiger charge is -2.33. The predicted molar refractivity (Wildman–Crippen MR) is 69.7 cm³/mol. The van der Waals surface area contributed by atoms with Crippen LogP contribution < -0.4 is 0 Å². The summed E-state index contributed by atoms with van der Waals surface area (Å²) in [6, 6.07) is 6.04. The Morgan fingerprint density at radius 3 is 2.85 bits per heavy atom. The average molecular weight is 275 g/mol. The molecule has 104 valence electrons. The normalized spacial score (nSPS) is 19.1. The second kappa shape index (κ2) is 5.42. The molecule has 1 aromatic carbocycles. The van der Waals surface area contributed by atoms with E-state index in [1.54, 1.807) is 29.4 Å². The summed E-state index contributed by atoms with van der Waals surface area (Å²) in [4.78, 5) is 17.8. The van der Waals surface area contributed by atoms with Crippen molar-refractivity contribution in [3.05, 3.63) is 54.4 Å². The molecule has 1 amide bonds. The third-order valence-corrected chi connectivity index (χ3v) is 3.30. The Kier molecular flexibility index (Phi) is 3.47. The number of amides is 1. The smallest absolute Gasteiger partial charge is 0.329 e. The quantitative estimate of drug-likeness (QED) is 0.800. The largest absolute Gasteiger partial charge is 0.370 e. The third kappa shape index (κ3) is 2.55. The fourth-order valence-corrected chi connectivity index (χ4v) is 2.24. The van der Waals surface area contributed by atoms with Crippen molar-refractivity contribution in [1.29, 1.82) is 0 Å². The number of imidazole rings is 1. The molecule has 0 saturated carbocycles. The van der Waals surface area contributed by atoms with E-state index in [4.69, 9.17) is 4.74 Å². The molecule has 1 aliphatic heterocycles. The molecule has 0 radical (unpaired) electrons. The van der Waals surface area contributed by atoms with Crippen molar-refractivity contribution in [1.82, 2.24) is 14.5 Å². The molecule has 3 rings (SSSR count). The summed E-state index contributed by atoms with van der Waals surface area (Å²) < 4.78 is 20.0. The van der Waals surface area contributed by atoms with Gasteiger partial charge in [0.2, 0.25) is 0 Å². The summed E-state index contributed by atoms with van der Waals surface area (Å²) in [6.45, 7) is 1.44. The van der Waals surface area contributed by atoms with Gasteiger partial charge in [0.1, 0.15) is 18.2 Å². The van der Waals surface area contributed by atoms with Crippen molar-refractivity contribution in [2.24, 2.45) is 0 Å². The molecule has 6 heteroatoms. The number of morpholine rings is 1. The molecule has 1 atom stereocenters. The minimum Gasteiger partial charge on any atom is -0.370 e. The van der Waals surface area contributed by atoms with E-state index in [9.17, 15) is 9.18 Å². The summed E-state index contributed by atoms with van der Waals surface area (Å²) in [5.74, 6) is -0.282. The van der Waals surface area contributed by atoms with Gasteiger partial charge < -0.3 is 9.64 Å². The Balaban J connectivity index is 1.73. The van der Waals surface area contributed by atoms with Gasteiger partial charge in [0.15, 0.2) is 0 Å². The van der Waals surface area contributed by atoms with E-state index < -0.39 is 0 Å². The van der Waals surface area contributed by atoms with Gasteiger partial charge in [-0.1, -0.05) is 12.1 Å². The van der Waals surface area contributed by atoms with Crippen molar-refractivity contribution in [3.63, 3.8) is 0 Å². The Bertz CT molecular complexity index is 583.